The molecule has 2 heterocycles. The van der Waals surface area contributed by atoms with E-state index in [9.17, 15) is 22.3 Å². The summed E-state index contributed by atoms with van der Waals surface area (Å²) in [6, 6.07) is 12.5. The lowest BCUT2D eigenvalue weighted by Gasteiger charge is -2.41. The van der Waals surface area contributed by atoms with Crippen LogP contribution in [-0.4, -0.2) is 55.5 Å². The van der Waals surface area contributed by atoms with E-state index in [1.54, 1.807) is 0 Å². The van der Waals surface area contributed by atoms with Crippen molar-refractivity contribution in [2.45, 2.75) is 17.9 Å². The van der Waals surface area contributed by atoms with Crippen molar-refractivity contribution in [2.24, 2.45) is 11.3 Å². The highest BCUT2D eigenvalue weighted by atomic mass is 32.2. The number of nitrogens with zero attached hydrogens (tertiary/aromatic N) is 2. The van der Waals surface area contributed by atoms with E-state index in [0.29, 0.717) is 25.6 Å². The maximum Gasteiger partial charge on any atom is 0.245 e. The van der Waals surface area contributed by atoms with Crippen LogP contribution in [0, 0.1) is 23.0 Å². The molecule has 2 aromatic rings. The molecule has 2 aliphatic rings. The molecule has 0 bridgehead atoms. The van der Waals surface area contributed by atoms with E-state index in [0.717, 1.165) is 24.2 Å². The Morgan fingerprint density at radius 3 is 2.55 bits per heavy atom. The number of benzene rings is 2. The van der Waals surface area contributed by atoms with Crippen LogP contribution in [0.4, 0.5) is 8.78 Å². The third-order valence-electron chi connectivity index (χ3n) is 6.24. The van der Waals surface area contributed by atoms with Crippen LogP contribution in [0.3, 0.4) is 0 Å². The van der Waals surface area contributed by atoms with Gasteiger partial charge in [-0.3, -0.25) is 4.90 Å². The molecule has 0 amide bonds. The Kier molecular flexibility index (Phi) is 5.46. The predicted octanol–water partition coefficient (Wildman–Crippen LogP) is 2.47. The van der Waals surface area contributed by atoms with Gasteiger partial charge in [-0.15, -0.1) is 0 Å². The minimum Gasteiger partial charge on any atom is -0.396 e. The van der Waals surface area contributed by atoms with Crippen LogP contribution in [0.15, 0.2) is 53.4 Å². The van der Waals surface area contributed by atoms with Crippen LogP contribution in [0.1, 0.15) is 12.0 Å². The maximum absolute atomic E-state index is 14.1. The summed E-state index contributed by atoms with van der Waals surface area (Å²) in [6.07, 6.45) is 0.501. The molecule has 29 heavy (non-hydrogen) atoms. The normalized spacial score (nSPS) is 25.8. The van der Waals surface area contributed by atoms with Crippen LogP contribution in [-0.2, 0) is 16.6 Å². The van der Waals surface area contributed by atoms with Crippen LogP contribution >= 0.6 is 0 Å². The second kappa shape index (κ2) is 7.75. The lowest BCUT2D eigenvalue weighted by Crippen LogP contribution is -2.50. The van der Waals surface area contributed by atoms with E-state index in [4.69, 9.17) is 0 Å². The molecule has 8 heteroatoms. The zero-order valence-corrected chi connectivity index (χ0v) is 16.8. The molecule has 0 spiro atoms. The Morgan fingerprint density at radius 1 is 1.10 bits per heavy atom. The van der Waals surface area contributed by atoms with E-state index >= 15 is 0 Å². The first-order chi connectivity index (χ1) is 13.8. The zero-order chi connectivity index (χ0) is 20.6. The number of sulfonamides is 1. The average molecular weight is 422 g/mol. The standard InChI is InChI=1S/C21H24F2N2O3S/c22-18-6-7-20(19(23)10-18)29(27,28)25-9-8-21(15-26)14-24(12-17(21)13-25)11-16-4-2-1-3-5-16/h1-7,10,17,26H,8-9,11-15H2/t17-,21-/m0/s1. The van der Waals surface area contributed by atoms with Gasteiger partial charge in [0.05, 0.1) is 6.61 Å². The van der Waals surface area contributed by atoms with E-state index in [-0.39, 0.29) is 31.0 Å². The van der Waals surface area contributed by atoms with Crippen LogP contribution < -0.4 is 0 Å². The number of likely N-dealkylation sites (tertiary alicyclic amines) is 1. The molecule has 0 radical (unpaired) electrons. The molecule has 0 saturated carbocycles. The molecule has 156 valence electrons. The van der Waals surface area contributed by atoms with Crippen LogP contribution in [0.2, 0.25) is 0 Å². The Morgan fingerprint density at radius 2 is 1.86 bits per heavy atom. The van der Waals surface area contributed by atoms with Gasteiger partial charge >= 0.3 is 0 Å². The van der Waals surface area contributed by atoms with Crippen molar-refractivity contribution in [2.75, 3.05) is 32.8 Å². The number of hydrogen-bond donors (Lipinski definition) is 1. The topological polar surface area (TPSA) is 60.9 Å². The molecule has 2 fully saturated rings. The summed E-state index contributed by atoms with van der Waals surface area (Å²) >= 11 is 0. The number of fused-ring (bicyclic) bond motifs is 1. The molecule has 0 aliphatic carbocycles. The molecule has 5 nitrogen and oxygen atoms in total. The second-order valence-electron chi connectivity index (χ2n) is 8.06. The molecule has 2 aromatic carbocycles. The first-order valence-electron chi connectivity index (χ1n) is 9.66. The van der Waals surface area contributed by atoms with E-state index < -0.39 is 26.6 Å². The van der Waals surface area contributed by atoms with E-state index in [1.165, 1.54) is 4.31 Å². The number of halogens is 2. The summed E-state index contributed by atoms with van der Waals surface area (Å²) in [6.45, 7) is 2.50. The van der Waals surface area contributed by atoms with Crippen molar-refractivity contribution in [3.05, 3.63) is 65.7 Å². The fourth-order valence-corrected chi connectivity index (χ4v) is 6.16. The third-order valence-corrected chi connectivity index (χ3v) is 8.14. The summed E-state index contributed by atoms with van der Waals surface area (Å²) in [7, 11) is -4.07. The summed E-state index contributed by atoms with van der Waals surface area (Å²) in [4.78, 5) is 1.74. The van der Waals surface area contributed by atoms with Crippen molar-refractivity contribution in [3.8, 4) is 0 Å². The van der Waals surface area contributed by atoms with Gasteiger partial charge in [0.25, 0.3) is 0 Å². The van der Waals surface area contributed by atoms with Gasteiger partial charge in [0.15, 0.2) is 0 Å². The molecule has 0 aromatic heterocycles. The Hall–Kier alpha value is -1.87. The number of aliphatic hydroxyl groups excluding tert-OH is 1. The number of rotatable bonds is 5. The monoisotopic (exact) mass is 422 g/mol. The number of aliphatic hydroxyl groups is 1. The van der Waals surface area contributed by atoms with Crippen molar-refractivity contribution < 1.29 is 22.3 Å². The van der Waals surface area contributed by atoms with E-state index in [1.807, 2.05) is 30.3 Å². The lowest BCUT2D eigenvalue weighted by molar-refractivity contribution is 0.0436. The largest absolute Gasteiger partial charge is 0.396 e. The average Bonchev–Trinajstić information content (AvgIpc) is 3.06. The predicted molar refractivity (Wildman–Crippen MR) is 104 cm³/mol. The molecule has 2 saturated heterocycles. The fraction of sp³-hybridized carbons (Fsp3) is 0.429. The highest BCUT2D eigenvalue weighted by Gasteiger charge is 2.51. The maximum atomic E-state index is 14.1. The first kappa shape index (κ1) is 20.4. The fourth-order valence-electron chi connectivity index (χ4n) is 4.63. The van der Waals surface area contributed by atoms with Gasteiger partial charge in [-0.05, 0) is 30.0 Å². The molecule has 2 aliphatic heterocycles. The molecular formula is C21H24F2N2O3S. The summed E-state index contributed by atoms with van der Waals surface area (Å²) in [5.74, 6) is -1.95. The lowest BCUT2D eigenvalue weighted by atomic mass is 9.74. The molecule has 2 atom stereocenters. The van der Waals surface area contributed by atoms with Gasteiger partial charge in [-0.25, -0.2) is 17.2 Å². The highest BCUT2D eigenvalue weighted by Crippen LogP contribution is 2.44. The third kappa shape index (κ3) is 3.82. The van der Waals surface area contributed by atoms with Crippen molar-refractivity contribution in [1.29, 1.82) is 0 Å². The first-order valence-corrected chi connectivity index (χ1v) is 11.1. The minimum absolute atomic E-state index is 0.0121. The Bertz CT molecular complexity index is 987. The van der Waals surface area contributed by atoms with Crippen molar-refractivity contribution in [1.82, 2.24) is 9.21 Å². The summed E-state index contributed by atoms with van der Waals surface area (Å²) in [5.41, 5.74) is 0.805. The van der Waals surface area contributed by atoms with Gasteiger partial charge in [0, 0.05) is 44.2 Å². The van der Waals surface area contributed by atoms with Gasteiger partial charge in [-0.2, -0.15) is 4.31 Å². The van der Waals surface area contributed by atoms with Crippen molar-refractivity contribution in [3.63, 3.8) is 0 Å². The van der Waals surface area contributed by atoms with Crippen LogP contribution in [0.5, 0.6) is 0 Å². The Balaban J connectivity index is 1.53. The van der Waals surface area contributed by atoms with Gasteiger partial charge in [0.1, 0.15) is 16.5 Å². The second-order valence-corrected chi connectivity index (χ2v) is 9.97. The smallest absolute Gasteiger partial charge is 0.245 e. The highest BCUT2D eigenvalue weighted by molar-refractivity contribution is 7.89. The SMILES string of the molecule is O=S(=O)(c1ccc(F)cc1F)N1CC[C@@]2(CO)CN(Cc3ccccc3)C[C@H]2C1. The molecule has 1 N–H and O–H groups in total. The summed E-state index contributed by atoms with van der Waals surface area (Å²) in [5, 5.41) is 10.1. The van der Waals surface area contributed by atoms with E-state index in [2.05, 4.69) is 4.90 Å². The Labute approximate surface area is 169 Å². The quantitative estimate of drug-likeness (QED) is 0.804. The van der Waals surface area contributed by atoms with Gasteiger partial charge in [0.2, 0.25) is 10.0 Å². The molecular weight excluding hydrogens is 398 g/mol. The van der Waals surface area contributed by atoms with Crippen molar-refractivity contribution >= 4 is 10.0 Å². The number of piperidine rings is 1. The number of hydrogen-bond acceptors (Lipinski definition) is 4. The van der Waals surface area contributed by atoms with Crippen LogP contribution in [0.25, 0.3) is 0 Å². The van der Waals surface area contributed by atoms with Gasteiger partial charge < -0.3 is 5.11 Å². The molecule has 4 rings (SSSR count). The van der Waals surface area contributed by atoms with Gasteiger partial charge in [-0.1, -0.05) is 30.3 Å². The minimum atomic E-state index is -4.07. The molecule has 0 unspecified atom stereocenters. The summed E-state index contributed by atoms with van der Waals surface area (Å²) < 4.78 is 54.5. The zero-order valence-electron chi connectivity index (χ0n) is 16.0.